The number of sulfonamides is 1. The van der Waals surface area contributed by atoms with E-state index >= 15 is 0 Å². The minimum atomic E-state index is -4.08. The summed E-state index contributed by atoms with van der Waals surface area (Å²) in [4.78, 5) is 12.0. The van der Waals surface area contributed by atoms with Gasteiger partial charge in [0.15, 0.2) is 17.5 Å². The van der Waals surface area contributed by atoms with Crippen molar-refractivity contribution in [3.05, 3.63) is 53.3 Å². The first-order chi connectivity index (χ1) is 13.6. The fraction of sp³-hybridized carbons (Fsp3) is 0.278. The van der Waals surface area contributed by atoms with Gasteiger partial charge in [0.2, 0.25) is 10.0 Å². The van der Waals surface area contributed by atoms with Crippen molar-refractivity contribution in [1.82, 2.24) is 4.72 Å². The molecule has 2 aromatic rings. The molecule has 0 aliphatic heterocycles. The van der Waals surface area contributed by atoms with Gasteiger partial charge in [-0.3, -0.25) is 4.79 Å². The van der Waals surface area contributed by atoms with E-state index in [2.05, 4.69) is 10.0 Å². The molecule has 7 nitrogen and oxygen atoms in total. The maximum atomic E-state index is 13.3. The summed E-state index contributed by atoms with van der Waals surface area (Å²) in [6.07, 6.45) is 0.604. The Balaban J connectivity index is 1.83. The van der Waals surface area contributed by atoms with Gasteiger partial charge in [-0.2, -0.15) is 0 Å². The van der Waals surface area contributed by atoms with Crippen LogP contribution in [0.1, 0.15) is 29.6 Å². The van der Waals surface area contributed by atoms with Crippen molar-refractivity contribution in [1.29, 1.82) is 0 Å². The van der Waals surface area contributed by atoms with E-state index in [0.29, 0.717) is 25.0 Å². The van der Waals surface area contributed by atoms with Crippen LogP contribution in [0.2, 0.25) is 0 Å². The second-order valence-electron chi connectivity index (χ2n) is 6.75. The number of aliphatic hydroxyl groups excluding tert-OH is 1. The molecule has 1 aliphatic carbocycles. The summed E-state index contributed by atoms with van der Waals surface area (Å²) >= 11 is 0. The van der Waals surface area contributed by atoms with Crippen molar-refractivity contribution in [3.8, 4) is 0 Å². The molecular weight excluding hydrogens is 411 g/mol. The average molecular weight is 429 g/mol. The number of nitrogens with two attached hydrogens (primary N) is 1. The zero-order valence-corrected chi connectivity index (χ0v) is 15.8. The van der Waals surface area contributed by atoms with Gasteiger partial charge in [-0.25, -0.2) is 26.3 Å². The van der Waals surface area contributed by atoms with Gasteiger partial charge in [0.25, 0.3) is 5.91 Å². The highest BCUT2D eigenvalue weighted by Crippen LogP contribution is 2.25. The Morgan fingerprint density at radius 3 is 2.34 bits per heavy atom. The van der Waals surface area contributed by atoms with Crippen LogP contribution < -0.4 is 15.8 Å². The van der Waals surface area contributed by atoms with Crippen molar-refractivity contribution in [3.63, 3.8) is 0 Å². The number of carbonyl (C=O) groups is 1. The lowest BCUT2D eigenvalue weighted by Gasteiger charge is -2.15. The number of hydrogen-bond donors (Lipinski definition) is 4. The highest BCUT2D eigenvalue weighted by molar-refractivity contribution is 7.89. The topological polar surface area (TPSA) is 122 Å². The smallest absolute Gasteiger partial charge is 0.255 e. The predicted octanol–water partition coefficient (Wildman–Crippen LogP) is 2.13. The van der Waals surface area contributed by atoms with Gasteiger partial charge in [0, 0.05) is 29.4 Å². The Hall–Kier alpha value is -2.63. The molecule has 3 rings (SSSR count). The molecular formula is C18H18F3N3O4S. The summed E-state index contributed by atoms with van der Waals surface area (Å²) in [5, 5.41) is 11.7. The van der Waals surface area contributed by atoms with Gasteiger partial charge in [0.05, 0.1) is 11.8 Å². The summed E-state index contributed by atoms with van der Waals surface area (Å²) in [7, 11) is -4.08. The molecule has 29 heavy (non-hydrogen) atoms. The fourth-order valence-corrected chi connectivity index (χ4v) is 4.53. The van der Waals surface area contributed by atoms with E-state index in [9.17, 15) is 31.5 Å². The summed E-state index contributed by atoms with van der Waals surface area (Å²) in [6, 6.07) is 4.19. The lowest BCUT2D eigenvalue weighted by molar-refractivity contribution is 0.102. The number of nitrogen functional groups attached to an aromatic ring is 1. The van der Waals surface area contributed by atoms with Gasteiger partial charge in [0.1, 0.15) is 4.90 Å². The van der Waals surface area contributed by atoms with Crippen LogP contribution in [0.3, 0.4) is 0 Å². The van der Waals surface area contributed by atoms with Crippen molar-refractivity contribution < 1.29 is 31.5 Å². The van der Waals surface area contributed by atoms with Gasteiger partial charge in [-0.1, -0.05) is 0 Å². The van der Waals surface area contributed by atoms with E-state index in [1.165, 1.54) is 12.1 Å². The number of rotatable bonds is 5. The average Bonchev–Trinajstić information content (AvgIpc) is 3.03. The molecule has 11 heteroatoms. The van der Waals surface area contributed by atoms with Gasteiger partial charge < -0.3 is 16.2 Å². The molecule has 1 saturated carbocycles. The molecule has 1 aliphatic rings. The molecule has 0 spiro atoms. The van der Waals surface area contributed by atoms with Crippen molar-refractivity contribution >= 4 is 27.3 Å². The Bertz CT molecular complexity index is 1040. The Morgan fingerprint density at radius 2 is 1.76 bits per heavy atom. The third kappa shape index (κ3) is 4.69. The largest absolute Gasteiger partial charge is 0.398 e. The summed E-state index contributed by atoms with van der Waals surface area (Å²) in [5.41, 5.74) is 5.16. The van der Waals surface area contributed by atoms with Crippen LogP contribution in [0.5, 0.6) is 0 Å². The standard InChI is InChI=1S/C18H18F3N3O4S/c19-13-7-11(8-14(20)17(13)21)23-18(26)9-1-4-15(22)16(5-9)29(27,28)24-10-2-3-12(25)6-10/h1,4-5,7-8,10,12,24-25H,2-3,6,22H2,(H,23,26)/t10-,12-/m0/s1. The van der Waals surface area contributed by atoms with Crippen LogP contribution in [0.25, 0.3) is 0 Å². The molecule has 156 valence electrons. The number of aliphatic hydroxyl groups is 1. The zero-order valence-electron chi connectivity index (χ0n) is 15.0. The minimum absolute atomic E-state index is 0.105. The quantitative estimate of drug-likeness (QED) is 0.429. The molecule has 1 amide bonds. The molecule has 0 unspecified atom stereocenters. The SMILES string of the molecule is Nc1ccc(C(=O)Nc2cc(F)c(F)c(F)c2)cc1S(=O)(=O)N[C@H]1CC[C@H](O)C1. The number of benzene rings is 2. The zero-order chi connectivity index (χ0) is 21.3. The normalized spacial score (nSPS) is 19.3. The van der Waals surface area contributed by atoms with Gasteiger partial charge in [-0.15, -0.1) is 0 Å². The van der Waals surface area contributed by atoms with E-state index in [4.69, 9.17) is 5.73 Å². The molecule has 0 bridgehead atoms. The Morgan fingerprint density at radius 1 is 1.10 bits per heavy atom. The van der Waals surface area contributed by atoms with Crippen LogP contribution in [0.15, 0.2) is 35.2 Å². The number of anilines is 2. The lowest BCUT2D eigenvalue weighted by Crippen LogP contribution is -2.34. The first-order valence-corrected chi connectivity index (χ1v) is 10.1. The van der Waals surface area contributed by atoms with Gasteiger partial charge >= 0.3 is 0 Å². The third-order valence-corrected chi connectivity index (χ3v) is 6.11. The molecule has 0 saturated heterocycles. The number of carbonyl (C=O) groups excluding carboxylic acids is 1. The van der Waals surface area contributed by atoms with Crippen LogP contribution in [0.4, 0.5) is 24.5 Å². The van der Waals surface area contributed by atoms with E-state index in [1.807, 2.05) is 0 Å². The van der Waals surface area contributed by atoms with Crippen LogP contribution in [0, 0.1) is 17.5 Å². The van der Waals surface area contributed by atoms with Crippen LogP contribution in [-0.4, -0.2) is 31.6 Å². The molecule has 1 fully saturated rings. The van der Waals surface area contributed by atoms with Gasteiger partial charge in [-0.05, 0) is 37.5 Å². The van der Waals surface area contributed by atoms with Crippen LogP contribution >= 0.6 is 0 Å². The summed E-state index contributed by atoms with van der Waals surface area (Å²) in [6.45, 7) is 0. The van der Waals surface area contributed by atoms with Crippen molar-refractivity contribution in [2.75, 3.05) is 11.1 Å². The van der Waals surface area contributed by atoms with E-state index < -0.39 is 45.5 Å². The maximum Gasteiger partial charge on any atom is 0.255 e. The van der Waals surface area contributed by atoms with E-state index in [-0.39, 0.29) is 28.3 Å². The third-order valence-electron chi connectivity index (χ3n) is 4.53. The highest BCUT2D eigenvalue weighted by atomic mass is 32.2. The highest BCUT2D eigenvalue weighted by Gasteiger charge is 2.29. The molecule has 2 atom stereocenters. The van der Waals surface area contributed by atoms with E-state index in [1.54, 1.807) is 0 Å². The van der Waals surface area contributed by atoms with Crippen molar-refractivity contribution in [2.24, 2.45) is 0 Å². The second-order valence-corrected chi connectivity index (χ2v) is 8.43. The second kappa shape index (κ2) is 8.01. The Labute approximate surface area is 164 Å². The monoisotopic (exact) mass is 429 g/mol. The number of hydrogen-bond acceptors (Lipinski definition) is 5. The first kappa shape index (κ1) is 21.1. The molecule has 5 N–H and O–H groups in total. The fourth-order valence-electron chi connectivity index (χ4n) is 3.09. The Kier molecular flexibility index (Phi) is 5.82. The predicted molar refractivity (Wildman–Crippen MR) is 99.1 cm³/mol. The lowest BCUT2D eigenvalue weighted by atomic mass is 10.2. The number of amides is 1. The minimum Gasteiger partial charge on any atom is -0.398 e. The first-order valence-electron chi connectivity index (χ1n) is 8.62. The molecule has 0 aromatic heterocycles. The summed E-state index contributed by atoms with van der Waals surface area (Å²) < 4.78 is 67.3. The number of nitrogens with one attached hydrogen (secondary N) is 2. The molecule has 0 heterocycles. The van der Waals surface area contributed by atoms with Crippen LogP contribution in [-0.2, 0) is 10.0 Å². The van der Waals surface area contributed by atoms with Crippen molar-refractivity contribution in [2.45, 2.75) is 36.3 Å². The maximum absolute atomic E-state index is 13.3. The molecule has 2 aromatic carbocycles. The molecule has 0 radical (unpaired) electrons. The van der Waals surface area contributed by atoms with E-state index in [0.717, 1.165) is 6.07 Å². The number of halogens is 3. The summed E-state index contributed by atoms with van der Waals surface area (Å²) in [5.74, 6) is -5.51.